The number of carbonyl (C=O) groups is 3. The van der Waals surface area contributed by atoms with E-state index in [4.69, 9.17) is 14.2 Å². The summed E-state index contributed by atoms with van der Waals surface area (Å²) in [6.07, 6.45) is 3.05. The lowest BCUT2D eigenvalue weighted by molar-refractivity contribution is 0.0187. The highest BCUT2D eigenvalue weighted by Crippen LogP contribution is 2.26. The highest BCUT2D eigenvalue weighted by Gasteiger charge is 2.28. The fraction of sp³-hybridized carbons (Fsp3) is 0.480. The smallest absolute Gasteiger partial charge is 0.410 e. The van der Waals surface area contributed by atoms with Gasteiger partial charge < -0.3 is 29.0 Å². The van der Waals surface area contributed by atoms with Crippen LogP contribution in [0, 0.1) is 0 Å². The van der Waals surface area contributed by atoms with Crippen LogP contribution in [0.3, 0.4) is 0 Å². The molecule has 0 radical (unpaired) electrons. The SMILES string of the molecule is COC(=O)c1cc(CNC(=O)c2cccn2C2CCN(C(=O)OC(C)(C)C)CC2)ccc1OC. The van der Waals surface area contributed by atoms with Crippen molar-refractivity contribution < 1.29 is 28.6 Å². The average molecular weight is 472 g/mol. The molecule has 3 rings (SSSR count). The maximum atomic E-state index is 12.9. The number of hydrogen-bond acceptors (Lipinski definition) is 6. The molecule has 1 aromatic carbocycles. The summed E-state index contributed by atoms with van der Waals surface area (Å²) < 4.78 is 17.4. The Hall–Kier alpha value is -3.49. The minimum Gasteiger partial charge on any atom is -0.496 e. The van der Waals surface area contributed by atoms with E-state index in [-0.39, 0.29) is 24.6 Å². The van der Waals surface area contributed by atoms with Crippen molar-refractivity contribution in [2.75, 3.05) is 27.3 Å². The van der Waals surface area contributed by atoms with Crippen LogP contribution in [0.5, 0.6) is 5.75 Å². The molecule has 2 amide bonds. The van der Waals surface area contributed by atoms with E-state index in [1.165, 1.54) is 14.2 Å². The Morgan fingerprint density at radius 3 is 2.41 bits per heavy atom. The first-order valence-corrected chi connectivity index (χ1v) is 11.3. The van der Waals surface area contributed by atoms with Crippen molar-refractivity contribution in [2.24, 2.45) is 0 Å². The van der Waals surface area contributed by atoms with E-state index in [9.17, 15) is 14.4 Å². The molecule has 0 unspecified atom stereocenters. The summed E-state index contributed by atoms with van der Waals surface area (Å²) >= 11 is 0. The van der Waals surface area contributed by atoms with Gasteiger partial charge >= 0.3 is 12.1 Å². The molecule has 1 aliphatic rings. The predicted molar refractivity (Wildman–Crippen MR) is 126 cm³/mol. The van der Waals surface area contributed by atoms with Gasteiger partial charge in [0.15, 0.2) is 0 Å². The van der Waals surface area contributed by atoms with Gasteiger partial charge in [0.05, 0.1) is 14.2 Å². The number of carbonyl (C=O) groups excluding carboxylic acids is 3. The zero-order valence-corrected chi connectivity index (χ0v) is 20.4. The quantitative estimate of drug-likeness (QED) is 0.644. The Labute approximate surface area is 200 Å². The Morgan fingerprint density at radius 2 is 1.79 bits per heavy atom. The number of hydrogen-bond donors (Lipinski definition) is 1. The molecule has 2 heterocycles. The number of amides is 2. The van der Waals surface area contributed by atoms with Crippen molar-refractivity contribution in [3.63, 3.8) is 0 Å². The monoisotopic (exact) mass is 471 g/mol. The van der Waals surface area contributed by atoms with E-state index in [0.717, 1.165) is 18.4 Å². The van der Waals surface area contributed by atoms with Gasteiger partial charge in [-0.2, -0.15) is 0 Å². The minimum atomic E-state index is -0.527. The van der Waals surface area contributed by atoms with Crippen molar-refractivity contribution in [2.45, 2.75) is 51.8 Å². The lowest BCUT2D eigenvalue weighted by atomic mass is 10.0. The topological polar surface area (TPSA) is 99.1 Å². The second-order valence-corrected chi connectivity index (χ2v) is 9.21. The molecular formula is C25H33N3O6. The first-order chi connectivity index (χ1) is 16.1. The molecule has 1 saturated heterocycles. The Bertz CT molecular complexity index is 1030. The fourth-order valence-corrected chi connectivity index (χ4v) is 3.97. The van der Waals surface area contributed by atoms with Crippen LogP contribution in [-0.4, -0.2) is 60.3 Å². The minimum absolute atomic E-state index is 0.112. The summed E-state index contributed by atoms with van der Waals surface area (Å²) in [7, 11) is 2.79. The summed E-state index contributed by atoms with van der Waals surface area (Å²) in [6.45, 7) is 6.94. The number of esters is 1. The van der Waals surface area contributed by atoms with Gasteiger partial charge in [0.1, 0.15) is 22.6 Å². The average Bonchev–Trinajstić information content (AvgIpc) is 3.31. The first-order valence-electron chi connectivity index (χ1n) is 11.3. The van der Waals surface area contributed by atoms with Crippen LogP contribution < -0.4 is 10.1 Å². The zero-order chi connectivity index (χ0) is 24.9. The molecule has 1 aromatic heterocycles. The standard InChI is InChI=1S/C25H33N3O6/c1-25(2,3)34-24(31)27-13-10-18(11-14-27)28-12-6-7-20(28)22(29)26-16-17-8-9-21(32-4)19(15-17)23(30)33-5/h6-9,12,15,18H,10-11,13-14,16H2,1-5H3,(H,26,29). The maximum Gasteiger partial charge on any atom is 0.410 e. The first kappa shape index (κ1) is 25.1. The van der Waals surface area contributed by atoms with Crippen molar-refractivity contribution in [1.29, 1.82) is 0 Å². The Kier molecular flexibility index (Phi) is 7.86. The van der Waals surface area contributed by atoms with Crippen LogP contribution in [0.15, 0.2) is 36.5 Å². The largest absolute Gasteiger partial charge is 0.496 e. The number of benzene rings is 1. The molecule has 184 valence electrons. The van der Waals surface area contributed by atoms with Crippen molar-refractivity contribution in [3.8, 4) is 5.75 Å². The summed E-state index contributed by atoms with van der Waals surface area (Å²) in [4.78, 5) is 39.0. The van der Waals surface area contributed by atoms with Gasteiger partial charge in [0.25, 0.3) is 5.91 Å². The van der Waals surface area contributed by atoms with Gasteiger partial charge in [0, 0.05) is 31.9 Å². The van der Waals surface area contributed by atoms with Crippen LogP contribution in [0.25, 0.3) is 0 Å². The fourth-order valence-electron chi connectivity index (χ4n) is 3.97. The normalized spacial score (nSPS) is 14.4. The number of aromatic nitrogens is 1. The van der Waals surface area contributed by atoms with E-state index in [0.29, 0.717) is 30.1 Å². The molecule has 1 aliphatic heterocycles. The number of piperidine rings is 1. The molecule has 0 aliphatic carbocycles. The summed E-state index contributed by atoms with van der Waals surface area (Å²) in [6, 6.07) is 8.85. The Morgan fingerprint density at radius 1 is 1.09 bits per heavy atom. The van der Waals surface area contributed by atoms with E-state index >= 15 is 0 Å². The molecule has 0 spiro atoms. The predicted octanol–water partition coefficient (Wildman–Crippen LogP) is 3.79. The highest BCUT2D eigenvalue weighted by atomic mass is 16.6. The lowest BCUT2D eigenvalue weighted by Gasteiger charge is -2.34. The molecule has 9 heteroatoms. The maximum absolute atomic E-state index is 12.9. The summed E-state index contributed by atoms with van der Waals surface area (Å²) in [5.74, 6) is -0.305. The second-order valence-electron chi connectivity index (χ2n) is 9.21. The molecular weight excluding hydrogens is 438 g/mol. The molecule has 1 N–H and O–H groups in total. The molecule has 34 heavy (non-hydrogen) atoms. The number of rotatable bonds is 6. The molecule has 1 fully saturated rings. The van der Waals surface area contributed by atoms with Gasteiger partial charge in [-0.15, -0.1) is 0 Å². The van der Waals surface area contributed by atoms with Crippen molar-refractivity contribution >= 4 is 18.0 Å². The van der Waals surface area contributed by atoms with Gasteiger partial charge in [-0.1, -0.05) is 6.07 Å². The van der Waals surface area contributed by atoms with Crippen LogP contribution in [0.2, 0.25) is 0 Å². The highest BCUT2D eigenvalue weighted by molar-refractivity contribution is 5.93. The van der Waals surface area contributed by atoms with Crippen molar-refractivity contribution in [3.05, 3.63) is 53.3 Å². The van der Waals surface area contributed by atoms with Crippen LogP contribution >= 0.6 is 0 Å². The third kappa shape index (κ3) is 6.09. The van der Waals surface area contributed by atoms with E-state index in [1.807, 2.05) is 37.6 Å². The van der Waals surface area contributed by atoms with Crippen molar-refractivity contribution in [1.82, 2.24) is 14.8 Å². The third-order valence-electron chi connectivity index (χ3n) is 5.64. The summed E-state index contributed by atoms with van der Waals surface area (Å²) in [5.41, 5.74) is 1.08. The summed E-state index contributed by atoms with van der Waals surface area (Å²) in [5, 5.41) is 2.92. The van der Waals surface area contributed by atoms with Crippen LogP contribution in [0.4, 0.5) is 4.79 Å². The van der Waals surface area contributed by atoms with Gasteiger partial charge in [-0.05, 0) is 63.4 Å². The van der Waals surface area contributed by atoms with E-state index in [2.05, 4.69) is 5.32 Å². The number of ether oxygens (including phenoxy) is 3. The lowest BCUT2D eigenvalue weighted by Crippen LogP contribution is -2.42. The third-order valence-corrected chi connectivity index (χ3v) is 5.64. The number of methoxy groups -OCH3 is 2. The van der Waals surface area contributed by atoms with Crippen LogP contribution in [-0.2, 0) is 16.0 Å². The zero-order valence-electron chi connectivity index (χ0n) is 20.4. The van der Waals surface area contributed by atoms with Crippen LogP contribution in [0.1, 0.15) is 66.1 Å². The Balaban J connectivity index is 1.61. The van der Waals surface area contributed by atoms with E-state index < -0.39 is 11.6 Å². The second kappa shape index (κ2) is 10.6. The van der Waals surface area contributed by atoms with Gasteiger partial charge in [-0.3, -0.25) is 4.79 Å². The molecule has 0 bridgehead atoms. The molecule has 0 atom stereocenters. The number of likely N-dealkylation sites (tertiary alicyclic amines) is 1. The molecule has 9 nitrogen and oxygen atoms in total. The van der Waals surface area contributed by atoms with Gasteiger partial charge in [0.2, 0.25) is 0 Å². The number of nitrogens with zero attached hydrogens (tertiary/aromatic N) is 2. The molecule has 0 saturated carbocycles. The van der Waals surface area contributed by atoms with Gasteiger partial charge in [-0.25, -0.2) is 9.59 Å². The number of nitrogens with one attached hydrogen (secondary N) is 1. The van der Waals surface area contributed by atoms with E-state index in [1.54, 1.807) is 29.2 Å². The molecule has 2 aromatic rings.